The first-order chi connectivity index (χ1) is 7.04. The Hall–Kier alpha value is -1.71. The second-order valence-electron chi connectivity index (χ2n) is 3.43. The van der Waals surface area contributed by atoms with Crippen LogP contribution in [0.5, 0.6) is 5.75 Å². The lowest BCUT2D eigenvalue weighted by molar-refractivity contribution is -0.135. The van der Waals surface area contributed by atoms with Crippen molar-refractivity contribution in [3.63, 3.8) is 0 Å². The lowest BCUT2D eigenvalue weighted by Crippen LogP contribution is -2.25. The summed E-state index contributed by atoms with van der Waals surface area (Å²) in [6, 6.07) is 5.67. The summed E-state index contributed by atoms with van der Waals surface area (Å²) in [6.07, 6.45) is 0. The van der Waals surface area contributed by atoms with Gasteiger partial charge in [0.25, 0.3) is 0 Å². The Bertz CT molecular complexity index is 363. The van der Waals surface area contributed by atoms with Crippen LogP contribution in [0.3, 0.4) is 0 Å². The number of hydrogen-bond donors (Lipinski definition) is 1. The van der Waals surface area contributed by atoms with Crippen LogP contribution in [0.1, 0.15) is 5.56 Å². The molecule has 0 spiro atoms. The summed E-state index contributed by atoms with van der Waals surface area (Å²) in [7, 11) is 3.30. The van der Waals surface area contributed by atoms with Gasteiger partial charge in [0.05, 0.1) is 12.8 Å². The number of nitrogens with zero attached hydrogens (tertiary/aromatic N) is 1. The Morgan fingerprint density at radius 1 is 1.53 bits per heavy atom. The number of carboxylic acids is 1. The molecule has 15 heavy (non-hydrogen) atoms. The van der Waals surface area contributed by atoms with Gasteiger partial charge in [0, 0.05) is 7.05 Å². The number of carboxylic acid groups (broad SMARTS) is 1. The Morgan fingerprint density at radius 3 is 2.73 bits per heavy atom. The molecule has 0 aliphatic carbocycles. The molecule has 82 valence electrons. The van der Waals surface area contributed by atoms with E-state index in [2.05, 4.69) is 0 Å². The SMILES string of the molecule is COc1ccc(C)cc1N(C)CC(=O)O. The normalized spacial score (nSPS) is 9.80. The van der Waals surface area contributed by atoms with E-state index in [-0.39, 0.29) is 6.54 Å². The monoisotopic (exact) mass is 209 g/mol. The molecule has 0 radical (unpaired) electrons. The van der Waals surface area contributed by atoms with Gasteiger partial charge >= 0.3 is 5.97 Å². The average Bonchev–Trinajstić information content (AvgIpc) is 2.16. The molecule has 4 heteroatoms. The minimum Gasteiger partial charge on any atom is -0.495 e. The van der Waals surface area contributed by atoms with Gasteiger partial charge in [-0.1, -0.05) is 6.07 Å². The number of anilines is 1. The van der Waals surface area contributed by atoms with Crippen molar-refractivity contribution in [3.8, 4) is 5.75 Å². The molecule has 1 N–H and O–H groups in total. The molecule has 0 fully saturated rings. The third-order valence-corrected chi connectivity index (χ3v) is 2.12. The third-order valence-electron chi connectivity index (χ3n) is 2.12. The Balaban J connectivity index is 2.99. The molecule has 0 heterocycles. The van der Waals surface area contributed by atoms with Crippen LogP contribution in [0.25, 0.3) is 0 Å². The highest BCUT2D eigenvalue weighted by atomic mass is 16.5. The molecule has 1 rings (SSSR count). The maximum absolute atomic E-state index is 10.6. The second-order valence-corrected chi connectivity index (χ2v) is 3.43. The minimum atomic E-state index is -0.860. The van der Waals surface area contributed by atoms with Gasteiger partial charge in [0.1, 0.15) is 12.3 Å². The summed E-state index contributed by atoms with van der Waals surface area (Å²) in [4.78, 5) is 12.2. The predicted molar refractivity (Wildman–Crippen MR) is 58.6 cm³/mol. The van der Waals surface area contributed by atoms with E-state index in [1.54, 1.807) is 19.1 Å². The first-order valence-electron chi connectivity index (χ1n) is 4.62. The van der Waals surface area contributed by atoms with Gasteiger partial charge in [0.2, 0.25) is 0 Å². The molecule has 1 aromatic carbocycles. The van der Waals surface area contributed by atoms with Crippen LogP contribution in [-0.4, -0.2) is 31.8 Å². The molecule has 0 unspecified atom stereocenters. The fraction of sp³-hybridized carbons (Fsp3) is 0.364. The minimum absolute atomic E-state index is 0.0419. The summed E-state index contributed by atoms with van der Waals surface area (Å²) in [5.41, 5.74) is 1.86. The fourth-order valence-corrected chi connectivity index (χ4v) is 1.39. The molecule has 0 amide bonds. The molecule has 0 saturated carbocycles. The Kier molecular flexibility index (Phi) is 3.55. The lowest BCUT2D eigenvalue weighted by atomic mass is 10.2. The maximum Gasteiger partial charge on any atom is 0.323 e. The molecular formula is C11H15NO3. The molecule has 0 bridgehead atoms. The number of rotatable bonds is 4. The highest BCUT2D eigenvalue weighted by Crippen LogP contribution is 2.27. The van der Waals surface area contributed by atoms with E-state index in [0.717, 1.165) is 11.3 Å². The van der Waals surface area contributed by atoms with Crippen molar-refractivity contribution in [1.29, 1.82) is 0 Å². The van der Waals surface area contributed by atoms with Crippen LogP contribution in [0, 0.1) is 6.92 Å². The summed E-state index contributed by atoms with van der Waals surface area (Å²) in [5, 5.41) is 8.70. The standard InChI is InChI=1S/C11H15NO3/c1-8-4-5-10(15-3)9(6-8)12(2)7-11(13)14/h4-6H,7H2,1-3H3,(H,13,14). The van der Waals surface area contributed by atoms with Crippen LogP contribution < -0.4 is 9.64 Å². The quantitative estimate of drug-likeness (QED) is 0.816. The van der Waals surface area contributed by atoms with E-state index in [1.165, 1.54) is 0 Å². The Morgan fingerprint density at radius 2 is 2.20 bits per heavy atom. The number of hydrogen-bond acceptors (Lipinski definition) is 3. The molecule has 1 aromatic rings. The number of methoxy groups -OCH3 is 1. The van der Waals surface area contributed by atoms with Crippen molar-refractivity contribution in [2.75, 3.05) is 25.6 Å². The van der Waals surface area contributed by atoms with E-state index in [9.17, 15) is 4.79 Å². The van der Waals surface area contributed by atoms with Gasteiger partial charge in [-0.25, -0.2) is 0 Å². The van der Waals surface area contributed by atoms with Crippen molar-refractivity contribution >= 4 is 11.7 Å². The van der Waals surface area contributed by atoms with Crippen LogP contribution in [0.15, 0.2) is 18.2 Å². The van der Waals surface area contributed by atoms with E-state index in [4.69, 9.17) is 9.84 Å². The van der Waals surface area contributed by atoms with Crippen LogP contribution in [-0.2, 0) is 4.79 Å². The third kappa shape index (κ3) is 2.87. The van der Waals surface area contributed by atoms with Crippen molar-refractivity contribution in [1.82, 2.24) is 0 Å². The smallest absolute Gasteiger partial charge is 0.323 e. The number of aryl methyl sites for hydroxylation is 1. The number of likely N-dealkylation sites (N-methyl/N-ethyl adjacent to an activating group) is 1. The van der Waals surface area contributed by atoms with Gasteiger partial charge in [-0.3, -0.25) is 4.79 Å². The average molecular weight is 209 g/mol. The van der Waals surface area contributed by atoms with Crippen molar-refractivity contribution in [2.24, 2.45) is 0 Å². The van der Waals surface area contributed by atoms with Gasteiger partial charge in [-0.15, -0.1) is 0 Å². The predicted octanol–water partition coefficient (Wildman–Crippen LogP) is 1.52. The zero-order chi connectivity index (χ0) is 11.4. The summed E-state index contributed by atoms with van der Waals surface area (Å²) in [5.74, 6) is -0.176. The summed E-state index contributed by atoms with van der Waals surface area (Å²) >= 11 is 0. The molecule has 0 aliphatic heterocycles. The number of carbonyl (C=O) groups is 1. The summed E-state index contributed by atoms with van der Waals surface area (Å²) < 4.78 is 5.17. The van der Waals surface area contributed by atoms with Crippen LogP contribution in [0.4, 0.5) is 5.69 Å². The topological polar surface area (TPSA) is 49.8 Å². The van der Waals surface area contributed by atoms with Gasteiger partial charge in [-0.2, -0.15) is 0 Å². The molecule has 0 aromatic heterocycles. The van der Waals surface area contributed by atoms with Crippen molar-refractivity contribution < 1.29 is 14.6 Å². The molecule has 0 saturated heterocycles. The van der Waals surface area contributed by atoms with Crippen LogP contribution in [0.2, 0.25) is 0 Å². The number of ether oxygens (including phenoxy) is 1. The van der Waals surface area contributed by atoms with Gasteiger partial charge in [-0.05, 0) is 24.6 Å². The van der Waals surface area contributed by atoms with Gasteiger partial charge in [0.15, 0.2) is 0 Å². The summed E-state index contributed by atoms with van der Waals surface area (Å²) in [6.45, 7) is 1.91. The zero-order valence-corrected chi connectivity index (χ0v) is 9.15. The highest BCUT2D eigenvalue weighted by molar-refractivity contribution is 5.75. The fourth-order valence-electron chi connectivity index (χ4n) is 1.39. The zero-order valence-electron chi connectivity index (χ0n) is 9.15. The first kappa shape index (κ1) is 11.4. The van der Waals surface area contributed by atoms with E-state index in [0.29, 0.717) is 5.75 Å². The molecular weight excluding hydrogens is 194 g/mol. The maximum atomic E-state index is 10.6. The van der Waals surface area contributed by atoms with Crippen molar-refractivity contribution in [2.45, 2.75) is 6.92 Å². The van der Waals surface area contributed by atoms with E-state index < -0.39 is 5.97 Å². The first-order valence-corrected chi connectivity index (χ1v) is 4.62. The molecule has 4 nitrogen and oxygen atoms in total. The number of benzene rings is 1. The molecule has 0 aliphatic rings. The number of aliphatic carboxylic acids is 1. The van der Waals surface area contributed by atoms with Crippen molar-refractivity contribution in [3.05, 3.63) is 23.8 Å². The van der Waals surface area contributed by atoms with Gasteiger partial charge < -0.3 is 14.7 Å². The van der Waals surface area contributed by atoms with Crippen LogP contribution >= 0.6 is 0 Å². The van der Waals surface area contributed by atoms with E-state index in [1.807, 2.05) is 25.1 Å². The molecule has 0 atom stereocenters. The lowest BCUT2D eigenvalue weighted by Gasteiger charge is -2.20. The Labute approximate surface area is 89.1 Å². The largest absolute Gasteiger partial charge is 0.495 e. The van der Waals surface area contributed by atoms with E-state index >= 15 is 0 Å². The highest BCUT2D eigenvalue weighted by Gasteiger charge is 2.10. The second kappa shape index (κ2) is 4.68.